The first kappa shape index (κ1) is 18.3. The molecule has 0 spiro atoms. The van der Waals surface area contributed by atoms with Gasteiger partial charge in [-0.2, -0.15) is 4.68 Å². The number of carbonyl (C=O) groups excluding carboxylic acids is 1. The Bertz CT molecular complexity index is 1020. The van der Waals surface area contributed by atoms with Gasteiger partial charge in [-0.3, -0.25) is 4.79 Å². The second kappa shape index (κ2) is 7.92. The highest BCUT2D eigenvalue weighted by molar-refractivity contribution is 5.86. The molecule has 0 N–H and O–H groups in total. The van der Waals surface area contributed by atoms with Gasteiger partial charge in [0.2, 0.25) is 0 Å². The largest absolute Gasteiger partial charge is 0.490 e. The van der Waals surface area contributed by atoms with Gasteiger partial charge in [0.1, 0.15) is 12.6 Å². The summed E-state index contributed by atoms with van der Waals surface area (Å²) in [4.78, 5) is 24.2. The Balaban J connectivity index is 1.52. The molecule has 148 valence electrons. The predicted octanol–water partition coefficient (Wildman–Crippen LogP) is 3.52. The van der Waals surface area contributed by atoms with Crippen LogP contribution in [-0.4, -0.2) is 28.5 Å². The van der Waals surface area contributed by atoms with Gasteiger partial charge in [-0.1, -0.05) is 18.6 Å². The summed E-state index contributed by atoms with van der Waals surface area (Å²) in [5.41, 5.74) is 0.549. The molecule has 28 heavy (non-hydrogen) atoms. The molecule has 0 amide bonds. The molecule has 8 heteroatoms. The summed E-state index contributed by atoms with van der Waals surface area (Å²) in [6.45, 7) is 2.10. The zero-order chi connectivity index (χ0) is 19.5. The number of aromatic nitrogens is 2. The number of fused-ring (bicyclic) bond motifs is 1. The van der Waals surface area contributed by atoms with Crippen molar-refractivity contribution >= 4 is 16.9 Å². The number of hydrogen-bond acceptors (Lipinski definition) is 7. The van der Waals surface area contributed by atoms with E-state index in [1.807, 2.05) is 19.1 Å². The summed E-state index contributed by atoms with van der Waals surface area (Å²) in [7, 11) is 0. The summed E-state index contributed by atoms with van der Waals surface area (Å²) in [5, 5.41) is 4.89. The molecule has 4 rings (SSSR count). The zero-order valence-corrected chi connectivity index (χ0v) is 15.7. The molecule has 1 aromatic carbocycles. The highest BCUT2D eigenvalue weighted by Gasteiger charge is 2.21. The van der Waals surface area contributed by atoms with Crippen molar-refractivity contribution in [2.75, 3.05) is 6.61 Å². The summed E-state index contributed by atoms with van der Waals surface area (Å²) < 4.78 is 22.9. The molecular formula is C20H22N2O6. The van der Waals surface area contributed by atoms with Crippen LogP contribution in [0.4, 0.5) is 0 Å². The Morgan fingerprint density at radius 3 is 2.86 bits per heavy atom. The van der Waals surface area contributed by atoms with Gasteiger partial charge in [0, 0.05) is 5.39 Å². The standard InChI is InChI=1S/C20H22N2O6/c1-2-25-15-10-6-7-13-11-16(27-18(13)15)19-21-22(20(24)28-19)12-17(23)26-14-8-4-3-5-9-14/h6-7,10-11,14H,2-5,8-9,12H2,1H3. The SMILES string of the molecule is CCOc1cccc2cc(-c3nn(CC(=O)OC4CCCCC4)c(=O)o3)oc12. The maximum atomic E-state index is 12.1. The summed E-state index contributed by atoms with van der Waals surface area (Å²) in [6, 6.07) is 7.23. The Kier molecular flexibility index (Phi) is 5.18. The van der Waals surface area contributed by atoms with Crippen LogP contribution in [0, 0.1) is 0 Å². The number of ether oxygens (including phenoxy) is 2. The second-order valence-corrected chi connectivity index (χ2v) is 6.80. The molecule has 0 bridgehead atoms. The number of furan rings is 1. The fourth-order valence-corrected chi connectivity index (χ4v) is 3.45. The van der Waals surface area contributed by atoms with E-state index in [-0.39, 0.29) is 18.5 Å². The number of para-hydroxylation sites is 1. The van der Waals surface area contributed by atoms with E-state index in [1.54, 1.807) is 12.1 Å². The number of nitrogens with zero attached hydrogens (tertiary/aromatic N) is 2. The molecule has 1 fully saturated rings. The van der Waals surface area contributed by atoms with Crippen LogP contribution in [0.5, 0.6) is 5.75 Å². The van der Waals surface area contributed by atoms with Gasteiger partial charge in [-0.25, -0.2) is 4.79 Å². The number of esters is 1. The molecule has 1 saturated carbocycles. The minimum atomic E-state index is -0.735. The van der Waals surface area contributed by atoms with Crippen molar-refractivity contribution < 1.29 is 23.1 Å². The first-order valence-corrected chi connectivity index (χ1v) is 9.57. The van der Waals surface area contributed by atoms with Crippen molar-refractivity contribution in [2.45, 2.75) is 51.7 Å². The van der Waals surface area contributed by atoms with Gasteiger partial charge < -0.3 is 18.3 Å². The lowest BCUT2D eigenvalue weighted by atomic mass is 9.98. The fraction of sp³-hybridized carbons (Fsp3) is 0.450. The van der Waals surface area contributed by atoms with Gasteiger partial charge in [-0.15, -0.1) is 5.10 Å². The van der Waals surface area contributed by atoms with E-state index >= 15 is 0 Å². The Hall–Kier alpha value is -3.03. The van der Waals surface area contributed by atoms with Crippen LogP contribution >= 0.6 is 0 Å². The van der Waals surface area contributed by atoms with Gasteiger partial charge >= 0.3 is 11.7 Å². The molecule has 0 atom stereocenters. The van der Waals surface area contributed by atoms with Crippen molar-refractivity contribution in [1.82, 2.24) is 9.78 Å². The molecule has 0 saturated heterocycles. The average molecular weight is 386 g/mol. The van der Waals surface area contributed by atoms with E-state index < -0.39 is 11.7 Å². The molecule has 8 nitrogen and oxygen atoms in total. The van der Waals surface area contributed by atoms with Gasteiger partial charge in [0.25, 0.3) is 5.89 Å². The average Bonchev–Trinajstić information content (AvgIpc) is 3.27. The predicted molar refractivity (Wildman–Crippen MR) is 100 cm³/mol. The number of benzene rings is 1. The van der Waals surface area contributed by atoms with E-state index in [9.17, 15) is 9.59 Å². The molecule has 0 aliphatic heterocycles. The number of hydrogen-bond donors (Lipinski definition) is 0. The zero-order valence-electron chi connectivity index (χ0n) is 15.7. The third-order valence-corrected chi connectivity index (χ3v) is 4.75. The number of carbonyl (C=O) groups is 1. The molecular weight excluding hydrogens is 364 g/mol. The normalized spacial score (nSPS) is 15.0. The Labute approximate surface area is 161 Å². The minimum Gasteiger partial charge on any atom is -0.490 e. The highest BCUT2D eigenvalue weighted by Crippen LogP contribution is 2.32. The minimum absolute atomic E-state index is 0.00844. The van der Waals surface area contributed by atoms with E-state index in [4.69, 9.17) is 18.3 Å². The maximum absolute atomic E-state index is 12.1. The molecule has 1 aliphatic carbocycles. The van der Waals surface area contributed by atoms with Crippen molar-refractivity contribution in [2.24, 2.45) is 0 Å². The maximum Gasteiger partial charge on any atom is 0.438 e. The smallest absolute Gasteiger partial charge is 0.438 e. The first-order valence-electron chi connectivity index (χ1n) is 9.57. The van der Waals surface area contributed by atoms with E-state index in [2.05, 4.69) is 5.10 Å². The lowest BCUT2D eigenvalue weighted by molar-refractivity contribution is -0.151. The van der Waals surface area contributed by atoms with Gasteiger partial charge in [0.05, 0.1) is 6.61 Å². The van der Waals surface area contributed by atoms with Crippen LogP contribution in [0.1, 0.15) is 39.0 Å². The lowest BCUT2D eigenvalue weighted by Crippen LogP contribution is -2.27. The van der Waals surface area contributed by atoms with Crippen LogP contribution in [0.15, 0.2) is 37.9 Å². The van der Waals surface area contributed by atoms with E-state index in [0.717, 1.165) is 35.8 Å². The van der Waals surface area contributed by atoms with Crippen molar-refractivity contribution in [3.8, 4) is 17.4 Å². The third kappa shape index (κ3) is 3.81. The van der Waals surface area contributed by atoms with E-state index in [1.165, 1.54) is 6.42 Å². The van der Waals surface area contributed by atoms with Gasteiger partial charge in [-0.05, 0) is 44.7 Å². The quantitative estimate of drug-likeness (QED) is 0.598. The first-order chi connectivity index (χ1) is 13.6. The summed E-state index contributed by atoms with van der Waals surface area (Å²) in [5.74, 6) is -0.324. The van der Waals surface area contributed by atoms with Crippen LogP contribution in [-0.2, 0) is 16.1 Å². The topological polar surface area (TPSA) is 96.7 Å². The molecule has 2 heterocycles. The fourth-order valence-electron chi connectivity index (χ4n) is 3.45. The van der Waals surface area contributed by atoms with Crippen LogP contribution in [0.25, 0.3) is 22.6 Å². The molecule has 2 aromatic heterocycles. The lowest BCUT2D eigenvalue weighted by Gasteiger charge is -2.21. The molecule has 0 unspecified atom stereocenters. The Morgan fingerprint density at radius 1 is 1.25 bits per heavy atom. The summed E-state index contributed by atoms with van der Waals surface area (Å²) >= 11 is 0. The van der Waals surface area contributed by atoms with Crippen LogP contribution in [0.3, 0.4) is 0 Å². The van der Waals surface area contributed by atoms with E-state index in [0.29, 0.717) is 23.7 Å². The highest BCUT2D eigenvalue weighted by atomic mass is 16.5. The van der Waals surface area contributed by atoms with Crippen molar-refractivity contribution in [3.05, 3.63) is 34.8 Å². The van der Waals surface area contributed by atoms with Crippen molar-refractivity contribution in [3.63, 3.8) is 0 Å². The van der Waals surface area contributed by atoms with Crippen LogP contribution in [0.2, 0.25) is 0 Å². The third-order valence-electron chi connectivity index (χ3n) is 4.75. The molecule has 1 aliphatic rings. The summed E-state index contributed by atoms with van der Waals surface area (Å²) in [6.07, 6.45) is 4.94. The monoisotopic (exact) mass is 386 g/mol. The second-order valence-electron chi connectivity index (χ2n) is 6.80. The number of rotatable bonds is 6. The van der Waals surface area contributed by atoms with Crippen molar-refractivity contribution in [1.29, 1.82) is 0 Å². The molecule has 3 aromatic rings. The Morgan fingerprint density at radius 2 is 2.07 bits per heavy atom. The van der Waals surface area contributed by atoms with Crippen LogP contribution < -0.4 is 10.5 Å². The molecule has 0 radical (unpaired) electrons. The van der Waals surface area contributed by atoms with Gasteiger partial charge in [0.15, 0.2) is 17.1 Å².